The van der Waals surface area contributed by atoms with Crippen LogP contribution in [0.2, 0.25) is 10.4 Å². The van der Waals surface area contributed by atoms with Crippen molar-refractivity contribution in [2.45, 2.75) is 26.7 Å². The van der Waals surface area contributed by atoms with Crippen LogP contribution in [0.15, 0.2) is 0 Å². The van der Waals surface area contributed by atoms with Crippen molar-refractivity contribution in [3.05, 3.63) is 20.6 Å². The van der Waals surface area contributed by atoms with Crippen LogP contribution in [-0.2, 0) is 0 Å². The van der Waals surface area contributed by atoms with E-state index in [0.29, 0.717) is 13.1 Å². The molecule has 1 heterocycles. The maximum atomic E-state index is 11.0. The molecule has 18 heavy (non-hydrogen) atoms. The van der Waals surface area contributed by atoms with E-state index in [0.717, 1.165) is 12.8 Å². The molecular weight excluding hydrogens is 279 g/mol. The molecule has 0 aliphatic carbocycles. The minimum absolute atomic E-state index is 0.0854. The average molecular weight is 293 g/mol. The Balaban J connectivity index is 3.29. The van der Waals surface area contributed by atoms with Crippen molar-refractivity contribution >= 4 is 34.7 Å². The molecule has 0 spiro atoms. The van der Waals surface area contributed by atoms with Gasteiger partial charge in [0.1, 0.15) is 0 Å². The number of rotatable bonds is 6. The summed E-state index contributed by atoms with van der Waals surface area (Å²) >= 11 is 11.5. The van der Waals surface area contributed by atoms with Crippen LogP contribution < -0.4 is 4.90 Å². The molecule has 100 valence electrons. The molecule has 1 rings (SSSR count). The van der Waals surface area contributed by atoms with Gasteiger partial charge in [-0.3, -0.25) is 10.1 Å². The second-order valence-corrected chi connectivity index (χ2v) is 4.40. The lowest BCUT2D eigenvalue weighted by Crippen LogP contribution is -2.27. The monoisotopic (exact) mass is 292 g/mol. The first-order valence-corrected chi connectivity index (χ1v) is 6.39. The summed E-state index contributed by atoms with van der Waals surface area (Å²) in [4.78, 5) is 19.8. The van der Waals surface area contributed by atoms with Gasteiger partial charge in [0.15, 0.2) is 0 Å². The van der Waals surface area contributed by atoms with E-state index in [1.165, 1.54) is 0 Å². The zero-order valence-corrected chi connectivity index (χ0v) is 11.7. The Morgan fingerprint density at radius 1 is 1.22 bits per heavy atom. The minimum Gasteiger partial charge on any atom is -0.351 e. The highest BCUT2D eigenvalue weighted by molar-refractivity contribution is 6.33. The number of nitrogens with zero attached hydrogens (tertiary/aromatic N) is 4. The summed E-state index contributed by atoms with van der Waals surface area (Å²) < 4.78 is 0. The van der Waals surface area contributed by atoms with Crippen LogP contribution >= 0.6 is 23.2 Å². The first-order valence-electron chi connectivity index (χ1n) is 5.63. The quantitative estimate of drug-likeness (QED) is 0.348. The first-order chi connectivity index (χ1) is 8.51. The summed E-state index contributed by atoms with van der Waals surface area (Å²) in [6, 6.07) is 0. The highest BCUT2D eigenvalue weighted by atomic mass is 35.5. The van der Waals surface area contributed by atoms with E-state index < -0.39 is 4.92 Å². The third-order valence-electron chi connectivity index (χ3n) is 2.26. The van der Waals surface area contributed by atoms with Gasteiger partial charge in [-0.15, -0.1) is 0 Å². The van der Waals surface area contributed by atoms with Gasteiger partial charge in [-0.1, -0.05) is 25.4 Å². The van der Waals surface area contributed by atoms with Crippen molar-refractivity contribution in [3.8, 4) is 0 Å². The fraction of sp³-hybridized carbons (Fsp3) is 0.600. The Morgan fingerprint density at radius 3 is 2.22 bits per heavy atom. The van der Waals surface area contributed by atoms with Crippen molar-refractivity contribution in [2.75, 3.05) is 18.0 Å². The number of halogens is 2. The lowest BCUT2D eigenvalue weighted by Gasteiger charge is -2.22. The van der Waals surface area contributed by atoms with E-state index in [9.17, 15) is 10.1 Å². The number of anilines is 1. The molecule has 0 radical (unpaired) electrons. The number of hydrogen-bond acceptors (Lipinski definition) is 5. The molecule has 6 nitrogen and oxygen atoms in total. The first kappa shape index (κ1) is 14.9. The summed E-state index contributed by atoms with van der Waals surface area (Å²) in [6.07, 6.45) is 1.69. The van der Waals surface area contributed by atoms with Gasteiger partial charge in [-0.2, -0.15) is 9.97 Å². The van der Waals surface area contributed by atoms with Crippen LogP contribution in [0.3, 0.4) is 0 Å². The molecule has 0 bridgehead atoms. The lowest BCUT2D eigenvalue weighted by molar-refractivity contribution is -0.384. The van der Waals surface area contributed by atoms with Crippen LogP contribution in [0, 0.1) is 10.1 Å². The van der Waals surface area contributed by atoms with Gasteiger partial charge in [0.05, 0.1) is 4.92 Å². The Morgan fingerprint density at radius 2 is 1.78 bits per heavy atom. The maximum Gasteiger partial charge on any atom is 0.348 e. The van der Waals surface area contributed by atoms with Gasteiger partial charge in [-0.05, 0) is 24.4 Å². The number of aromatic nitrogens is 2. The van der Waals surface area contributed by atoms with E-state index in [1.54, 1.807) is 4.90 Å². The molecule has 1 aromatic rings. The zero-order chi connectivity index (χ0) is 13.7. The summed E-state index contributed by atoms with van der Waals surface area (Å²) in [5, 5.41) is 10.7. The van der Waals surface area contributed by atoms with Crippen LogP contribution in [0.5, 0.6) is 0 Å². The number of nitro groups is 1. The molecule has 0 aromatic carbocycles. The zero-order valence-electron chi connectivity index (χ0n) is 10.2. The van der Waals surface area contributed by atoms with E-state index in [1.807, 2.05) is 13.8 Å². The predicted molar refractivity (Wildman–Crippen MR) is 71.5 cm³/mol. The second kappa shape index (κ2) is 6.70. The average Bonchev–Trinajstić information content (AvgIpc) is 2.26. The van der Waals surface area contributed by atoms with E-state index >= 15 is 0 Å². The van der Waals surface area contributed by atoms with Crippen LogP contribution in [0.4, 0.5) is 11.5 Å². The van der Waals surface area contributed by atoms with Gasteiger partial charge in [0.2, 0.25) is 16.3 Å². The molecule has 0 aliphatic heterocycles. The normalized spacial score (nSPS) is 10.4. The number of hydrogen-bond donors (Lipinski definition) is 0. The van der Waals surface area contributed by atoms with Crippen LogP contribution in [0.1, 0.15) is 26.7 Å². The molecule has 0 atom stereocenters. The molecule has 8 heteroatoms. The standard InChI is InChI=1S/C10H14Cl2N4O2/c1-3-5-15(6-4-2)9-7(16(17)18)8(11)13-10(12)14-9/h3-6H2,1-2H3. The molecule has 0 saturated heterocycles. The molecule has 0 unspecified atom stereocenters. The molecule has 1 aromatic heterocycles. The van der Waals surface area contributed by atoms with E-state index in [-0.39, 0.29) is 21.9 Å². The van der Waals surface area contributed by atoms with E-state index in [2.05, 4.69) is 9.97 Å². The summed E-state index contributed by atoms with van der Waals surface area (Å²) in [5.41, 5.74) is -0.289. The van der Waals surface area contributed by atoms with Gasteiger partial charge in [0.25, 0.3) is 0 Å². The molecular formula is C10H14Cl2N4O2. The largest absolute Gasteiger partial charge is 0.351 e. The van der Waals surface area contributed by atoms with Crippen molar-refractivity contribution in [3.63, 3.8) is 0 Å². The van der Waals surface area contributed by atoms with Crippen LogP contribution in [-0.4, -0.2) is 28.0 Å². The van der Waals surface area contributed by atoms with Crippen molar-refractivity contribution in [1.29, 1.82) is 0 Å². The Bertz CT molecular complexity index is 436. The second-order valence-electron chi connectivity index (χ2n) is 3.70. The smallest absolute Gasteiger partial charge is 0.348 e. The van der Waals surface area contributed by atoms with Gasteiger partial charge >= 0.3 is 5.69 Å². The van der Waals surface area contributed by atoms with Crippen molar-refractivity contribution in [1.82, 2.24) is 9.97 Å². The summed E-state index contributed by atoms with van der Waals surface area (Å²) in [6.45, 7) is 5.27. The van der Waals surface area contributed by atoms with Crippen LogP contribution in [0.25, 0.3) is 0 Å². The summed E-state index contributed by atoms with van der Waals surface area (Å²) in [7, 11) is 0. The SMILES string of the molecule is CCCN(CCC)c1nc(Cl)nc(Cl)c1[N+](=O)[O-]. The minimum atomic E-state index is -0.577. The fourth-order valence-corrected chi connectivity index (χ4v) is 2.07. The molecule has 0 fully saturated rings. The predicted octanol–water partition coefficient (Wildman–Crippen LogP) is 3.32. The fourth-order valence-electron chi connectivity index (χ4n) is 1.63. The lowest BCUT2D eigenvalue weighted by atomic mass is 10.3. The molecule has 0 aliphatic rings. The van der Waals surface area contributed by atoms with Gasteiger partial charge < -0.3 is 4.90 Å². The highest BCUT2D eigenvalue weighted by Gasteiger charge is 2.26. The van der Waals surface area contributed by atoms with Gasteiger partial charge in [-0.25, -0.2) is 0 Å². The topological polar surface area (TPSA) is 72.2 Å². The van der Waals surface area contributed by atoms with Crippen molar-refractivity contribution < 1.29 is 4.92 Å². The Labute approximate surface area is 115 Å². The molecule has 0 N–H and O–H groups in total. The molecule has 0 amide bonds. The van der Waals surface area contributed by atoms with E-state index in [4.69, 9.17) is 23.2 Å². The third-order valence-corrected chi connectivity index (χ3v) is 2.70. The highest BCUT2D eigenvalue weighted by Crippen LogP contribution is 2.33. The van der Waals surface area contributed by atoms with Gasteiger partial charge in [0, 0.05) is 13.1 Å². The maximum absolute atomic E-state index is 11.0. The Kier molecular flexibility index (Phi) is 5.55. The molecule has 0 saturated carbocycles. The summed E-state index contributed by atoms with van der Waals surface area (Å²) in [5.74, 6) is 0.189. The van der Waals surface area contributed by atoms with Crippen molar-refractivity contribution in [2.24, 2.45) is 0 Å². The Hall–Kier alpha value is -1.14. The third kappa shape index (κ3) is 3.43.